The SMILES string of the molecule is COc1c(C)c(C[C@@H](C)OC(C)=O)c2c(c1OC)[C@H]1C=CC=C[C@H]1N2.[C-]#[O+].[C-]#[O+].[C-]#[O+].[Fe]. The third kappa shape index (κ3) is 6.91. The van der Waals surface area contributed by atoms with E-state index >= 15 is 0 Å². The van der Waals surface area contributed by atoms with Crippen molar-refractivity contribution in [1.82, 2.24) is 0 Å². The Bertz CT molecular complexity index is 873. The van der Waals surface area contributed by atoms with Gasteiger partial charge in [0.1, 0.15) is 6.10 Å². The minimum Gasteiger partial charge on any atom is 0 e. The molecule has 0 fully saturated rings. The smallest absolute Gasteiger partial charge is 0 e. The van der Waals surface area contributed by atoms with E-state index in [4.69, 9.17) is 28.2 Å². The zero-order chi connectivity index (χ0) is 24.1. The van der Waals surface area contributed by atoms with Gasteiger partial charge in [0.05, 0.1) is 20.3 Å². The van der Waals surface area contributed by atoms with E-state index in [2.05, 4.69) is 49.6 Å². The zero-order valence-corrected chi connectivity index (χ0v) is 19.6. The van der Waals surface area contributed by atoms with E-state index in [9.17, 15) is 4.79 Å². The molecule has 0 saturated carbocycles. The van der Waals surface area contributed by atoms with Crippen molar-refractivity contribution < 1.29 is 50.0 Å². The van der Waals surface area contributed by atoms with Crippen molar-refractivity contribution >= 4 is 11.7 Å². The van der Waals surface area contributed by atoms with Gasteiger partial charge in [-0.05, 0) is 19.4 Å². The number of hydrogen-bond donors (Lipinski definition) is 1. The second-order valence-electron chi connectivity index (χ2n) is 6.55. The Hall–Kier alpha value is -2.69. The number of rotatable bonds is 5. The van der Waals surface area contributed by atoms with Crippen LogP contribution in [0.4, 0.5) is 5.69 Å². The number of nitrogens with one attached hydrogen (secondary N) is 1. The van der Waals surface area contributed by atoms with Crippen molar-refractivity contribution in [2.24, 2.45) is 0 Å². The number of methoxy groups -OCH3 is 2. The number of carbonyl (C=O) groups excluding carboxylic acids is 1. The molecule has 0 amide bonds. The van der Waals surface area contributed by atoms with Gasteiger partial charge in [-0.15, -0.1) is 0 Å². The summed E-state index contributed by atoms with van der Waals surface area (Å²) in [6.45, 7) is 18.9. The largest absolute Gasteiger partial charge is 0 e. The minimum absolute atomic E-state index is 0. The van der Waals surface area contributed by atoms with Gasteiger partial charge in [0.15, 0.2) is 11.5 Å². The normalized spacial score (nSPS) is 16.7. The molecule has 8 nitrogen and oxygen atoms in total. The van der Waals surface area contributed by atoms with E-state index in [-0.39, 0.29) is 41.1 Å². The van der Waals surface area contributed by atoms with Crippen molar-refractivity contribution in [3.8, 4) is 11.5 Å². The number of carbonyl (C=O) groups is 1. The Kier molecular flexibility index (Phi) is 15.8. The predicted molar refractivity (Wildman–Crippen MR) is 109 cm³/mol. The summed E-state index contributed by atoms with van der Waals surface area (Å²) in [6, 6.07) is 0.197. The molecular weight excluding hydrogens is 458 g/mol. The Labute approximate surface area is 199 Å². The van der Waals surface area contributed by atoms with Gasteiger partial charge in [-0.2, -0.15) is 0 Å². The Balaban J connectivity index is 0. The average molecular weight is 483 g/mol. The fourth-order valence-electron chi connectivity index (χ4n) is 3.88. The van der Waals surface area contributed by atoms with Crippen LogP contribution in [0.3, 0.4) is 0 Å². The van der Waals surface area contributed by atoms with Crippen LogP contribution in [0.15, 0.2) is 24.3 Å². The molecule has 0 bridgehead atoms. The molecule has 1 heterocycles. The summed E-state index contributed by atoms with van der Waals surface area (Å²) in [6.07, 6.45) is 8.86. The van der Waals surface area contributed by atoms with E-state index in [0.717, 1.165) is 33.9 Å². The van der Waals surface area contributed by atoms with Gasteiger partial charge in [-0.1, -0.05) is 24.3 Å². The van der Waals surface area contributed by atoms with Gasteiger partial charge in [-0.25, -0.2) is 0 Å². The molecule has 1 aromatic carbocycles. The number of ether oxygens (including phenoxy) is 3. The number of anilines is 1. The van der Waals surface area contributed by atoms with Gasteiger partial charge in [0.25, 0.3) is 0 Å². The molecule has 0 aromatic heterocycles. The summed E-state index contributed by atoms with van der Waals surface area (Å²) in [5.74, 6) is 1.46. The van der Waals surface area contributed by atoms with E-state index < -0.39 is 0 Å². The molecule has 1 aliphatic heterocycles. The summed E-state index contributed by atoms with van der Waals surface area (Å²) in [5.41, 5.74) is 4.30. The second kappa shape index (κ2) is 16.0. The van der Waals surface area contributed by atoms with E-state index in [1.54, 1.807) is 14.2 Å². The van der Waals surface area contributed by atoms with Gasteiger partial charge in [0, 0.05) is 53.1 Å². The second-order valence-corrected chi connectivity index (χ2v) is 6.55. The van der Waals surface area contributed by atoms with Crippen LogP contribution in [0.5, 0.6) is 11.5 Å². The van der Waals surface area contributed by atoms with Crippen molar-refractivity contribution in [2.75, 3.05) is 19.5 Å². The molecule has 32 heavy (non-hydrogen) atoms. The van der Waals surface area contributed by atoms with Crippen LogP contribution in [0, 0.1) is 26.9 Å². The summed E-state index contributed by atoms with van der Waals surface area (Å²) < 4.78 is 39.2. The van der Waals surface area contributed by atoms with Crippen LogP contribution in [0.2, 0.25) is 0 Å². The number of hydrogen-bond acceptors (Lipinski definition) is 5. The van der Waals surface area contributed by atoms with Crippen LogP contribution < -0.4 is 14.8 Å². The molecule has 0 saturated heterocycles. The van der Waals surface area contributed by atoms with Crippen molar-refractivity contribution in [1.29, 1.82) is 0 Å². The van der Waals surface area contributed by atoms with Gasteiger partial charge in [0.2, 0.25) is 0 Å². The third-order valence-corrected chi connectivity index (χ3v) is 4.86. The first-order valence-corrected chi connectivity index (χ1v) is 9.15. The maximum atomic E-state index is 11.3. The topological polar surface area (TPSA) is 116 Å². The Morgan fingerprint density at radius 3 is 2.09 bits per heavy atom. The maximum Gasteiger partial charge on any atom is 0 e. The van der Waals surface area contributed by atoms with Crippen molar-refractivity contribution in [2.45, 2.75) is 45.3 Å². The first kappa shape index (κ1) is 31.5. The molecule has 1 aromatic rings. The van der Waals surface area contributed by atoms with E-state index in [1.165, 1.54) is 6.92 Å². The fraction of sp³-hybridized carbons (Fsp3) is 0.391. The summed E-state index contributed by atoms with van der Waals surface area (Å²) >= 11 is 0. The number of allylic oxidation sites excluding steroid dienone is 2. The predicted octanol–water partition coefficient (Wildman–Crippen LogP) is 3.39. The third-order valence-electron chi connectivity index (χ3n) is 4.86. The molecular formula is C23H25FeNO7. The summed E-state index contributed by atoms with van der Waals surface area (Å²) in [5, 5.41) is 3.62. The van der Waals surface area contributed by atoms with E-state index in [0.29, 0.717) is 6.42 Å². The first-order chi connectivity index (χ1) is 15.0. The molecule has 0 unspecified atom stereocenters. The van der Waals surface area contributed by atoms with E-state index in [1.807, 2.05) is 13.8 Å². The molecule has 3 rings (SSSR count). The number of esters is 1. The number of benzene rings is 1. The van der Waals surface area contributed by atoms with Gasteiger partial charge < -0.3 is 19.5 Å². The van der Waals surface area contributed by atoms with Crippen LogP contribution >= 0.6 is 0 Å². The average Bonchev–Trinajstić information content (AvgIpc) is 3.18. The van der Waals surface area contributed by atoms with Gasteiger partial charge >= 0.3 is 39.9 Å². The number of fused-ring (bicyclic) bond motifs is 3. The van der Waals surface area contributed by atoms with Crippen molar-refractivity contribution in [3.05, 3.63) is 60.9 Å². The van der Waals surface area contributed by atoms with Crippen LogP contribution in [-0.4, -0.2) is 32.3 Å². The van der Waals surface area contributed by atoms with Crippen molar-refractivity contribution in [3.63, 3.8) is 0 Å². The molecule has 3 atom stereocenters. The molecule has 1 aliphatic carbocycles. The molecule has 2 aliphatic rings. The maximum absolute atomic E-state index is 11.3. The zero-order valence-electron chi connectivity index (χ0n) is 18.5. The quantitative estimate of drug-likeness (QED) is 0.298. The molecule has 0 radical (unpaired) electrons. The Morgan fingerprint density at radius 2 is 1.59 bits per heavy atom. The summed E-state index contributed by atoms with van der Waals surface area (Å²) in [4.78, 5) is 11.3. The first-order valence-electron chi connectivity index (χ1n) is 9.15. The molecule has 1 N–H and O–H groups in total. The standard InChI is InChI=1S/C20H25NO4.3CO.Fe/c1-11(25-13(3)22)10-15-12(2)19(23-4)20(24-5)17-14-8-6-7-9-16(14)21-18(15)17;3*1-2;/h6-9,11,14,16,21H,10H2,1-5H3;;;;/t11-,14+,16-;;;;/m1..../s1. The fourth-order valence-corrected chi connectivity index (χ4v) is 3.88. The van der Waals surface area contributed by atoms with Crippen LogP contribution in [0.1, 0.15) is 36.5 Å². The van der Waals surface area contributed by atoms with Gasteiger partial charge in [-0.3, -0.25) is 4.79 Å². The molecule has 172 valence electrons. The monoisotopic (exact) mass is 483 g/mol. The molecule has 0 spiro atoms. The molecule has 9 heteroatoms. The minimum atomic E-state index is -0.269. The Morgan fingerprint density at radius 1 is 1.06 bits per heavy atom. The van der Waals surface area contributed by atoms with Crippen LogP contribution in [0.25, 0.3) is 0 Å². The summed E-state index contributed by atoms with van der Waals surface area (Å²) in [7, 11) is 3.33. The van der Waals surface area contributed by atoms with Crippen LogP contribution in [-0.2, 0) is 47.0 Å².